The fourth-order valence-electron chi connectivity index (χ4n) is 7.07. The molecule has 5 heteroatoms. The molecular weight excluding hydrogens is 647 g/mol. The van der Waals surface area contributed by atoms with Crippen LogP contribution >= 0.6 is 22.7 Å². The molecule has 10 rings (SSSR count). The highest BCUT2D eigenvalue weighted by atomic mass is 32.1. The third-order valence-electron chi connectivity index (χ3n) is 9.36. The fraction of sp³-hybridized carbons (Fsp3) is 0. The summed E-state index contributed by atoms with van der Waals surface area (Å²) < 4.78 is 5.10. The molecule has 0 N–H and O–H groups in total. The zero-order valence-electron chi connectivity index (χ0n) is 26.7. The predicted molar refractivity (Wildman–Crippen MR) is 213 cm³/mol. The maximum absolute atomic E-state index is 5.17. The van der Waals surface area contributed by atoms with Crippen LogP contribution < -0.4 is 0 Å². The van der Waals surface area contributed by atoms with E-state index in [4.69, 9.17) is 15.0 Å². The van der Waals surface area contributed by atoms with Crippen LogP contribution in [0.1, 0.15) is 0 Å². The predicted octanol–water partition coefficient (Wildman–Crippen LogP) is 12.9. The van der Waals surface area contributed by atoms with Crippen LogP contribution in [0.2, 0.25) is 0 Å². The molecule has 0 saturated carbocycles. The Bertz CT molecular complexity index is 2800. The minimum Gasteiger partial charge on any atom is -0.208 e. The maximum atomic E-state index is 5.17. The largest absolute Gasteiger partial charge is 0.208 e. The van der Waals surface area contributed by atoms with Gasteiger partial charge >= 0.3 is 0 Å². The topological polar surface area (TPSA) is 38.7 Å². The van der Waals surface area contributed by atoms with Gasteiger partial charge in [0.2, 0.25) is 0 Å². The third-order valence-corrected chi connectivity index (χ3v) is 11.8. The molecule has 0 aliphatic rings. The average molecular weight is 674 g/mol. The van der Waals surface area contributed by atoms with Crippen molar-refractivity contribution in [3.63, 3.8) is 0 Å². The Hall–Kier alpha value is -6.01. The Kier molecular flexibility index (Phi) is 6.86. The molecule has 0 atom stereocenters. The van der Waals surface area contributed by atoms with Gasteiger partial charge in [-0.15, -0.1) is 22.7 Å². The zero-order valence-corrected chi connectivity index (χ0v) is 28.4. The minimum absolute atomic E-state index is 0.658. The highest BCUT2D eigenvalue weighted by molar-refractivity contribution is 7.27. The molecule has 50 heavy (non-hydrogen) atoms. The molecule has 0 aliphatic heterocycles. The summed E-state index contributed by atoms with van der Waals surface area (Å²) >= 11 is 3.72. The second kappa shape index (κ2) is 11.8. The van der Waals surface area contributed by atoms with E-state index in [1.807, 2.05) is 59.1 Å². The first-order valence-corrected chi connectivity index (χ1v) is 18.2. The molecule has 234 valence electrons. The van der Waals surface area contributed by atoms with Crippen LogP contribution in [-0.4, -0.2) is 15.0 Å². The van der Waals surface area contributed by atoms with Crippen LogP contribution in [0.5, 0.6) is 0 Å². The number of hydrogen-bond donors (Lipinski definition) is 0. The lowest BCUT2D eigenvalue weighted by Crippen LogP contribution is -2.00. The van der Waals surface area contributed by atoms with E-state index in [9.17, 15) is 0 Å². The van der Waals surface area contributed by atoms with Gasteiger partial charge in [-0.25, -0.2) is 15.0 Å². The molecule has 0 bridgehead atoms. The van der Waals surface area contributed by atoms with Crippen molar-refractivity contribution in [2.75, 3.05) is 0 Å². The van der Waals surface area contributed by atoms with Crippen molar-refractivity contribution in [3.8, 4) is 56.4 Å². The molecule has 0 spiro atoms. The lowest BCUT2D eigenvalue weighted by molar-refractivity contribution is 1.08. The Morgan fingerprint density at radius 1 is 0.300 bits per heavy atom. The summed E-state index contributed by atoms with van der Waals surface area (Å²) in [6, 6.07) is 57.7. The fourth-order valence-corrected chi connectivity index (χ4v) is 9.60. The Morgan fingerprint density at radius 2 is 0.840 bits per heavy atom. The summed E-state index contributed by atoms with van der Waals surface area (Å²) in [5.41, 5.74) is 7.81. The first-order valence-electron chi connectivity index (χ1n) is 16.6. The molecule has 3 nitrogen and oxygen atoms in total. The number of aromatic nitrogens is 3. The van der Waals surface area contributed by atoms with E-state index in [1.54, 1.807) is 0 Å². The SMILES string of the molecule is c1ccc(-c2nc(-c3ccccc3)nc(-c3ccc(-c4ccccc4)c4sc5c(-c6cccc7sc8ccccc8c67)cccc5c34)n2)cc1. The Morgan fingerprint density at radius 3 is 1.56 bits per heavy atom. The number of nitrogens with zero attached hydrogens (tertiary/aromatic N) is 3. The van der Waals surface area contributed by atoms with E-state index in [0.29, 0.717) is 17.5 Å². The minimum atomic E-state index is 0.658. The van der Waals surface area contributed by atoms with Gasteiger partial charge in [-0.05, 0) is 34.9 Å². The first-order chi connectivity index (χ1) is 24.8. The van der Waals surface area contributed by atoms with Gasteiger partial charge in [-0.1, -0.05) is 146 Å². The van der Waals surface area contributed by atoms with E-state index in [2.05, 4.69) is 127 Å². The lowest BCUT2D eigenvalue weighted by atomic mass is 9.95. The van der Waals surface area contributed by atoms with Crippen LogP contribution in [0.3, 0.4) is 0 Å². The van der Waals surface area contributed by atoms with Gasteiger partial charge in [-0.2, -0.15) is 0 Å². The molecule has 0 unspecified atom stereocenters. The van der Waals surface area contributed by atoms with Crippen molar-refractivity contribution >= 4 is 63.0 Å². The summed E-state index contributed by atoms with van der Waals surface area (Å²) in [5, 5.41) is 4.99. The van der Waals surface area contributed by atoms with E-state index in [-0.39, 0.29) is 0 Å². The summed E-state index contributed by atoms with van der Waals surface area (Å²) in [6.07, 6.45) is 0. The molecule has 3 aromatic heterocycles. The summed E-state index contributed by atoms with van der Waals surface area (Å²) in [6.45, 7) is 0. The molecule has 0 fully saturated rings. The van der Waals surface area contributed by atoms with Crippen LogP contribution in [-0.2, 0) is 0 Å². The first kappa shape index (κ1) is 29.0. The normalized spacial score (nSPS) is 11.6. The van der Waals surface area contributed by atoms with Gasteiger partial charge in [0, 0.05) is 62.6 Å². The second-order valence-electron chi connectivity index (χ2n) is 12.3. The maximum Gasteiger partial charge on any atom is 0.164 e. The summed E-state index contributed by atoms with van der Waals surface area (Å²) in [7, 11) is 0. The second-order valence-corrected chi connectivity index (χ2v) is 14.4. The van der Waals surface area contributed by atoms with Gasteiger partial charge < -0.3 is 0 Å². The van der Waals surface area contributed by atoms with Crippen LogP contribution in [0.4, 0.5) is 0 Å². The molecule has 0 aliphatic carbocycles. The van der Waals surface area contributed by atoms with E-state index in [1.165, 1.54) is 62.6 Å². The van der Waals surface area contributed by atoms with Crippen molar-refractivity contribution < 1.29 is 0 Å². The number of rotatable bonds is 5. The molecule has 3 heterocycles. The molecule has 10 aromatic rings. The van der Waals surface area contributed by atoms with E-state index < -0.39 is 0 Å². The smallest absolute Gasteiger partial charge is 0.164 e. The quantitative estimate of drug-likeness (QED) is 0.182. The monoisotopic (exact) mass is 673 g/mol. The van der Waals surface area contributed by atoms with Crippen molar-refractivity contribution in [2.45, 2.75) is 0 Å². The number of hydrogen-bond acceptors (Lipinski definition) is 5. The highest BCUT2D eigenvalue weighted by Crippen LogP contribution is 2.49. The van der Waals surface area contributed by atoms with Crippen LogP contribution in [0.25, 0.3) is 96.8 Å². The average Bonchev–Trinajstić information content (AvgIpc) is 3.78. The third kappa shape index (κ3) is 4.74. The standard InChI is InChI=1S/C45H27N3S2/c1-4-14-28(15-5-1)31-26-27-36(45-47-43(29-16-6-2-7-17-29)46-44(48-45)30-18-8-3-9-19-30)40-35-23-12-22-33(41(35)50-42(31)40)32-21-13-25-38-39(32)34-20-10-11-24-37(34)49-38/h1-27H. The molecule has 0 radical (unpaired) electrons. The summed E-state index contributed by atoms with van der Waals surface area (Å²) in [5.74, 6) is 1.98. The van der Waals surface area contributed by atoms with Crippen molar-refractivity contribution in [1.82, 2.24) is 15.0 Å². The van der Waals surface area contributed by atoms with E-state index >= 15 is 0 Å². The van der Waals surface area contributed by atoms with Crippen LogP contribution in [0, 0.1) is 0 Å². The van der Waals surface area contributed by atoms with Crippen molar-refractivity contribution in [1.29, 1.82) is 0 Å². The molecule has 7 aromatic carbocycles. The number of thiophene rings is 2. The zero-order chi connectivity index (χ0) is 33.0. The molecule has 0 amide bonds. The molecule has 0 saturated heterocycles. The van der Waals surface area contributed by atoms with Crippen LogP contribution in [0.15, 0.2) is 164 Å². The van der Waals surface area contributed by atoms with Crippen molar-refractivity contribution in [3.05, 3.63) is 164 Å². The van der Waals surface area contributed by atoms with Gasteiger partial charge in [0.15, 0.2) is 17.5 Å². The number of benzene rings is 7. The Balaban J connectivity index is 1.29. The van der Waals surface area contributed by atoms with Gasteiger partial charge in [0.1, 0.15) is 0 Å². The van der Waals surface area contributed by atoms with E-state index in [0.717, 1.165) is 16.7 Å². The van der Waals surface area contributed by atoms with Gasteiger partial charge in [0.25, 0.3) is 0 Å². The highest BCUT2D eigenvalue weighted by Gasteiger charge is 2.22. The van der Waals surface area contributed by atoms with Gasteiger partial charge in [0.05, 0.1) is 0 Å². The number of fused-ring (bicyclic) bond motifs is 6. The van der Waals surface area contributed by atoms with Gasteiger partial charge in [-0.3, -0.25) is 0 Å². The lowest BCUT2D eigenvalue weighted by Gasteiger charge is -2.11. The summed E-state index contributed by atoms with van der Waals surface area (Å²) in [4.78, 5) is 15.3. The Labute approximate surface area is 296 Å². The molecular formula is C45H27N3S2. The van der Waals surface area contributed by atoms with Crippen molar-refractivity contribution in [2.24, 2.45) is 0 Å².